The second kappa shape index (κ2) is 50.5. The van der Waals surface area contributed by atoms with Crippen molar-refractivity contribution in [1.82, 2.24) is 0 Å². The molecule has 0 radical (unpaired) electrons. The van der Waals surface area contributed by atoms with Crippen molar-refractivity contribution < 1.29 is 28.6 Å². The first kappa shape index (κ1) is 58.9. The highest BCUT2D eigenvalue weighted by Crippen LogP contribution is 2.16. The van der Waals surface area contributed by atoms with Gasteiger partial charge in [-0.3, -0.25) is 14.4 Å². The van der Waals surface area contributed by atoms with Crippen LogP contribution in [-0.2, 0) is 28.6 Å². The van der Waals surface area contributed by atoms with Crippen LogP contribution in [0.5, 0.6) is 0 Å². The molecule has 6 heteroatoms. The third-order valence-electron chi connectivity index (χ3n) is 11.9. The minimum Gasteiger partial charge on any atom is -0.462 e. The number of hydrogen-bond donors (Lipinski definition) is 0. The molecule has 1 unspecified atom stereocenters. The summed E-state index contributed by atoms with van der Waals surface area (Å²) in [6.45, 7) is 6.61. The van der Waals surface area contributed by atoms with E-state index in [0.29, 0.717) is 19.3 Å². The Morgan fingerprint density at radius 2 is 0.557 bits per heavy atom. The first-order valence-electron chi connectivity index (χ1n) is 26.8. The molecule has 0 aromatic heterocycles. The number of carbonyl (C=O) groups excluding carboxylic acids is 3. The fourth-order valence-electron chi connectivity index (χ4n) is 7.83. The van der Waals surface area contributed by atoms with Crippen LogP contribution in [0, 0.1) is 0 Å². The number of ether oxygens (including phenoxy) is 3. The second-order valence-electron chi connectivity index (χ2n) is 18.1. The van der Waals surface area contributed by atoms with Gasteiger partial charge in [0, 0.05) is 19.3 Å². The molecule has 61 heavy (non-hydrogen) atoms. The Hall–Kier alpha value is -2.11. The highest BCUT2D eigenvalue weighted by atomic mass is 16.6. The average Bonchev–Trinajstić information content (AvgIpc) is 3.26. The standard InChI is InChI=1S/C55H102O6/c1-4-7-10-13-16-19-22-23-24-25-26-27-28-29-30-31-34-36-39-42-45-48-54(57)60-51-52(61-55(58)49-46-43-40-37-33-21-18-15-12-9-6-3)50-59-53(56)47-44-41-38-35-32-20-17-14-11-8-5-2/h15,18,25-26,52H,4-14,16-17,19-24,27-51H2,1-3H3/b18-15-,26-25-. The maximum atomic E-state index is 12.7. The van der Waals surface area contributed by atoms with Crippen molar-refractivity contribution in [2.24, 2.45) is 0 Å². The minimum absolute atomic E-state index is 0.0717. The summed E-state index contributed by atoms with van der Waals surface area (Å²) in [5.74, 6) is -0.872. The number of carbonyl (C=O) groups is 3. The highest BCUT2D eigenvalue weighted by molar-refractivity contribution is 5.71. The lowest BCUT2D eigenvalue weighted by Crippen LogP contribution is -2.30. The SMILES string of the molecule is CCCC/C=C\CCCCCCCC(=O)OC(COC(=O)CCCCCCCCCCC/C=C\CCCCCCCCCC)COC(=O)CCCCCCCCCCCCC. The quantitative estimate of drug-likeness (QED) is 0.0262. The molecule has 0 fully saturated rings. The molecule has 0 aliphatic rings. The van der Waals surface area contributed by atoms with E-state index < -0.39 is 6.10 Å². The summed E-state index contributed by atoms with van der Waals surface area (Å²) in [6, 6.07) is 0. The fourth-order valence-corrected chi connectivity index (χ4v) is 7.83. The van der Waals surface area contributed by atoms with Gasteiger partial charge in [0.15, 0.2) is 6.10 Å². The molecule has 0 bridgehead atoms. The third kappa shape index (κ3) is 48.8. The molecular formula is C55H102O6. The molecule has 0 aromatic carbocycles. The fraction of sp³-hybridized carbons (Fsp3) is 0.873. The van der Waals surface area contributed by atoms with E-state index in [1.165, 1.54) is 186 Å². The van der Waals surface area contributed by atoms with Crippen molar-refractivity contribution in [3.05, 3.63) is 24.3 Å². The van der Waals surface area contributed by atoms with E-state index in [4.69, 9.17) is 14.2 Å². The van der Waals surface area contributed by atoms with Gasteiger partial charge < -0.3 is 14.2 Å². The van der Waals surface area contributed by atoms with E-state index >= 15 is 0 Å². The molecule has 0 N–H and O–H groups in total. The van der Waals surface area contributed by atoms with Crippen molar-refractivity contribution >= 4 is 17.9 Å². The van der Waals surface area contributed by atoms with E-state index in [1.54, 1.807) is 0 Å². The van der Waals surface area contributed by atoms with Crippen LogP contribution < -0.4 is 0 Å². The van der Waals surface area contributed by atoms with Gasteiger partial charge in [-0.15, -0.1) is 0 Å². The molecule has 0 saturated carbocycles. The molecule has 0 saturated heterocycles. The van der Waals surface area contributed by atoms with Crippen molar-refractivity contribution in [1.29, 1.82) is 0 Å². The van der Waals surface area contributed by atoms with Crippen LogP contribution in [0.2, 0.25) is 0 Å². The summed E-state index contributed by atoms with van der Waals surface area (Å²) < 4.78 is 16.8. The molecule has 0 aliphatic carbocycles. The lowest BCUT2D eigenvalue weighted by Gasteiger charge is -2.18. The number of hydrogen-bond acceptors (Lipinski definition) is 6. The molecule has 0 rings (SSSR count). The average molecular weight is 859 g/mol. The molecular weight excluding hydrogens is 757 g/mol. The number of esters is 3. The normalized spacial score (nSPS) is 12.1. The first-order valence-corrected chi connectivity index (χ1v) is 26.8. The maximum Gasteiger partial charge on any atom is 0.306 e. The first-order chi connectivity index (χ1) is 30.0. The molecule has 0 amide bonds. The Labute approximate surface area is 379 Å². The van der Waals surface area contributed by atoms with Gasteiger partial charge in [0.1, 0.15) is 13.2 Å². The third-order valence-corrected chi connectivity index (χ3v) is 11.9. The van der Waals surface area contributed by atoms with Crippen LogP contribution in [0.4, 0.5) is 0 Å². The zero-order valence-corrected chi connectivity index (χ0v) is 40.9. The van der Waals surface area contributed by atoms with E-state index in [9.17, 15) is 14.4 Å². The zero-order valence-electron chi connectivity index (χ0n) is 40.9. The van der Waals surface area contributed by atoms with Crippen molar-refractivity contribution in [2.45, 2.75) is 297 Å². The summed E-state index contributed by atoms with van der Waals surface area (Å²) in [7, 11) is 0. The van der Waals surface area contributed by atoms with Crippen LogP contribution in [0.25, 0.3) is 0 Å². The zero-order chi connectivity index (χ0) is 44.4. The summed E-state index contributed by atoms with van der Waals surface area (Å²) in [5, 5.41) is 0. The van der Waals surface area contributed by atoms with Crippen molar-refractivity contribution in [3.8, 4) is 0 Å². The van der Waals surface area contributed by atoms with Gasteiger partial charge in [-0.1, -0.05) is 231 Å². The number of unbranched alkanes of at least 4 members (excludes halogenated alkanes) is 34. The summed E-state index contributed by atoms with van der Waals surface area (Å²) in [4.78, 5) is 37.9. The van der Waals surface area contributed by atoms with Gasteiger partial charge in [0.2, 0.25) is 0 Å². The van der Waals surface area contributed by atoms with Crippen LogP contribution in [0.3, 0.4) is 0 Å². The monoisotopic (exact) mass is 859 g/mol. The molecule has 1 atom stereocenters. The Morgan fingerprint density at radius 3 is 0.869 bits per heavy atom. The van der Waals surface area contributed by atoms with Crippen LogP contribution in [0.1, 0.15) is 290 Å². The van der Waals surface area contributed by atoms with Gasteiger partial charge in [0.25, 0.3) is 0 Å². The van der Waals surface area contributed by atoms with Crippen LogP contribution >= 0.6 is 0 Å². The van der Waals surface area contributed by atoms with Gasteiger partial charge >= 0.3 is 17.9 Å². The molecule has 358 valence electrons. The number of rotatable bonds is 49. The van der Waals surface area contributed by atoms with E-state index in [2.05, 4.69) is 45.1 Å². The summed E-state index contributed by atoms with van der Waals surface area (Å²) >= 11 is 0. The minimum atomic E-state index is -0.770. The Morgan fingerprint density at radius 1 is 0.311 bits per heavy atom. The Kier molecular flexibility index (Phi) is 48.8. The van der Waals surface area contributed by atoms with E-state index in [1.807, 2.05) is 0 Å². The van der Waals surface area contributed by atoms with E-state index in [-0.39, 0.29) is 31.1 Å². The Balaban J connectivity index is 4.23. The summed E-state index contributed by atoms with van der Waals surface area (Å²) in [6.07, 6.45) is 57.4. The van der Waals surface area contributed by atoms with Gasteiger partial charge in [0.05, 0.1) is 0 Å². The maximum absolute atomic E-state index is 12.7. The van der Waals surface area contributed by atoms with Crippen molar-refractivity contribution in [2.75, 3.05) is 13.2 Å². The number of allylic oxidation sites excluding steroid dienone is 4. The molecule has 0 aromatic rings. The van der Waals surface area contributed by atoms with Gasteiger partial charge in [-0.25, -0.2) is 0 Å². The van der Waals surface area contributed by atoms with Crippen molar-refractivity contribution in [3.63, 3.8) is 0 Å². The Bertz CT molecular complexity index is 989. The van der Waals surface area contributed by atoms with Crippen LogP contribution in [0.15, 0.2) is 24.3 Å². The molecule has 0 heterocycles. The molecule has 0 spiro atoms. The van der Waals surface area contributed by atoms with Gasteiger partial charge in [-0.05, 0) is 64.2 Å². The predicted octanol–water partition coefficient (Wildman–Crippen LogP) is 17.5. The lowest BCUT2D eigenvalue weighted by molar-refractivity contribution is -0.167. The highest BCUT2D eigenvalue weighted by Gasteiger charge is 2.19. The molecule has 6 nitrogen and oxygen atoms in total. The van der Waals surface area contributed by atoms with Crippen LogP contribution in [-0.4, -0.2) is 37.2 Å². The summed E-state index contributed by atoms with van der Waals surface area (Å²) in [5.41, 5.74) is 0. The molecule has 0 aliphatic heterocycles. The largest absolute Gasteiger partial charge is 0.462 e. The smallest absolute Gasteiger partial charge is 0.306 e. The topological polar surface area (TPSA) is 78.9 Å². The van der Waals surface area contributed by atoms with Gasteiger partial charge in [-0.2, -0.15) is 0 Å². The second-order valence-corrected chi connectivity index (χ2v) is 18.1. The predicted molar refractivity (Wildman–Crippen MR) is 261 cm³/mol. The lowest BCUT2D eigenvalue weighted by atomic mass is 10.1. The van der Waals surface area contributed by atoms with E-state index in [0.717, 1.165) is 64.2 Å².